The lowest BCUT2D eigenvalue weighted by Gasteiger charge is -2.19. The highest BCUT2D eigenvalue weighted by Crippen LogP contribution is 2.30. The zero-order valence-corrected chi connectivity index (χ0v) is 9.39. The molecule has 0 saturated heterocycles. The molecular weight excluding hydrogens is 242 g/mol. The van der Waals surface area contributed by atoms with Gasteiger partial charge in [0.1, 0.15) is 5.69 Å². The molecule has 2 heterocycles. The van der Waals surface area contributed by atoms with E-state index in [1.54, 1.807) is 12.1 Å². The minimum atomic E-state index is -0.342. The Balaban J connectivity index is 2.24. The number of rotatable bonds is 0. The molecule has 0 saturated carbocycles. The molecule has 0 atom stereocenters. The molecule has 0 fully saturated rings. The number of nitrogens with one attached hydrogen (secondary N) is 3. The number of anilines is 2. The molecule has 0 radical (unpaired) electrons. The Morgan fingerprint density at radius 2 is 1.88 bits per heavy atom. The van der Waals surface area contributed by atoms with E-state index in [1.807, 2.05) is 6.07 Å². The first kappa shape index (κ1) is 10.2. The molecular formula is C11H8ClN3O2. The third-order valence-corrected chi connectivity index (χ3v) is 3.03. The number of hydrogen-bond acceptors (Lipinski definition) is 3. The largest absolute Gasteiger partial charge is 0.350 e. The fraction of sp³-hybridized carbons (Fsp3) is 0.0909. The summed E-state index contributed by atoms with van der Waals surface area (Å²) in [4.78, 5) is 23.2. The number of aromatic nitrogens is 2. The van der Waals surface area contributed by atoms with E-state index in [-0.39, 0.29) is 11.1 Å². The summed E-state index contributed by atoms with van der Waals surface area (Å²) in [6.45, 7) is 0. The Hall–Kier alpha value is -2.01. The first-order chi connectivity index (χ1) is 8.15. The maximum atomic E-state index is 11.6. The lowest BCUT2D eigenvalue weighted by atomic mass is 9.99. The average molecular weight is 250 g/mol. The van der Waals surface area contributed by atoms with Crippen LogP contribution in [-0.2, 0) is 6.42 Å². The zero-order chi connectivity index (χ0) is 12.0. The Bertz CT molecular complexity index is 717. The maximum absolute atomic E-state index is 11.6. The minimum absolute atomic E-state index is 0.285. The molecule has 3 N–H and O–H groups in total. The van der Waals surface area contributed by atoms with Gasteiger partial charge in [-0.1, -0.05) is 17.7 Å². The first-order valence-electron chi connectivity index (χ1n) is 5.04. The van der Waals surface area contributed by atoms with Crippen LogP contribution in [-0.4, -0.2) is 10.2 Å². The summed E-state index contributed by atoms with van der Waals surface area (Å²) < 4.78 is 0. The van der Waals surface area contributed by atoms with Crippen molar-refractivity contribution in [2.45, 2.75) is 6.42 Å². The number of H-pyrrole nitrogens is 2. The third kappa shape index (κ3) is 1.55. The quantitative estimate of drug-likeness (QED) is 0.563. The van der Waals surface area contributed by atoms with Crippen molar-refractivity contribution in [2.75, 3.05) is 5.32 Å². The highest BCUT2D eigenvalue weighted by Gasteiger charge is 2.20. The van der Waals surface area contributed by atoms with Gasteiger partial charge in [0.25, 0.3) is 11.1 Å². The molecule has 0 unspecified atom stereocenters. The van der Waals surface area contributed by atoms with Crippen LogP contribution in [0.15, 0.2) is 27.8 Å². The maximum Gasteiger partial charge on any atom is 0.286 e. The van der Waals surface area contributed by atoms with E-state index in [4.69, 9.17) is 11.6 Å². The van der Waals surface area contributed by atoms with Crippen molar-refractivity contribution in [3.05, 3.63) is 55.1 Å². The second kappa shape index (κ2) is 3.49. The van der Waals surface area contributed by atoms with Gasteiger partial charge in [0.2, 0.25) is 0 Å². The Labute approximate surface area is 100 Å². The van der Waals surface area contributed by atoms with Gasteiger partial charge in [-0.05, 0) is 17.7 Å². The second-order valence-electron chi connectivity index (χ2n) is 3.87. The summed E-state index contributed by atoms with van der Waals surface area (Å²) in [5.41, 5.74) is 1.82. The van der Waals surface area contributed by atoms with Crippen molar-refractivity contribution < 1.29 is 0 Å². The monoisotopic (exact) mass is 249 g/mol. The molecule has 6 heteroatoms. The van der Waals surface area contributed by atoms with Gasteiger partial charge in [-0.3, -0.25) is 19.8 Å². The van der Waals surface area contributed by atoms with Gasteiger partial charge in [-0.25, -0.2) is 0 Å². The average Bonchev–Trinajstić information content (AvgIpc) is 2.32. The van der Waals surface area contributed by atoms with Gasteiger partial charge >= 0.3 is 0 Å². The Morgan fingerprint density at radius 1 is 1.12 bits per heavy atom. The number of halogens is 1. The topological polar surface area (TPSA) is 77.8 Å². The summed E-state index contributed by atoms with van der Waals surface area (Å²) in [6, 6.07) is 5.34. The van der Waals surface area contributed by atoms with Crippen molar-refractivity contribution in [2.24, 2.45) is 0 Å². The van der Waals surface area contributed by atoms with Crippen LogP contribution in [0.1, 0.15) is 11.1 Å². The van der Waals surface area contributed by atoms with Crippen molar-refractivity contribution in [3.63, 3.8) is 0 Å². The van der Waals surface area contributed by atoms with Gasteiger partial charge in [-0.2, -0.15) is 0 Å². The second-order valence-corrected chi connectivity index (χ2v) is 4.30. The number of benzene rings is 1. The molecule has 1 aliphatic rings. The van der Waals surface area contributed by atoms with E-state index < -0.39 is 0 Å². The molecule has 5 nitrogen and oxygen atoms in total. The van der Waals surface area contributed by atoms with Crippen LogP contribution < -0.4 is 16.4 Å². The normalized spacial score (nSPS) is 12.5. The number of hydrogen-bond donors (Lipinski definition) is 3. The number of fused-ring (bicyclic) bond motifs is 2. The predicted octanol–water partition coefficient (Wildman–Crippen LogP) is 1.36. The molecule has 3 rings (SSSR count). The van der Waals surface area contributed by atoms with Crippen LogP contribution in [0, 0.1) is 0 Å². The van der Waals surface area contributed by atoms with E-state index >= 15 is 0 Å². The SMILES string of the molecule is O=c1[nH][nH]c(=O)c2c1Cc1ccc(Cl)cc1N2. The molecule has 1 aliphatic heterocycles. The number of aromatic amines is 2. The lowest BCUT2D eigenvalue weighted by Crippen LogP contribution is -2.28. The summed E-state index contributed by atoms with van der Waals surface area (Å²) in [5, 5.41) is 8.12. The standard InChI is InChI=1S/C11H8ClN3O2/c12-6-2-1-5-3-7-9(13-8(5)4-6)11(17)15-14-10(7)16/h1-2,4,13H,3H2,(H,14,16)(H,15,17). The predicted molar refractivity (Wildman–Crippen MR) is 65.2 cm³/mol. The highest BCUT2D eigenvalue weighted by molar-refractivity contribution is 6.30. The van der Waals surface area contributed by atoms with E-state index in [9.17, 15) is 9.59 Å². The highest BCUT2D eigenvalue weighted by atomic mass is 35.5. The van der Waals surface area contributed by atoms with Crippen LogP contribution in [0.3, 0.4) is 0 Å². The minimum Gasteiger partial charge on any atom is -0.350 e. The van der Waals surface area contributed by atoms with Gasteiger partial charge in [-0.15, -0.1) is 0 Å². The van der Waals surface area contributed by atoms with Crippen LogP contribution in [0.25, 0.3) is 0 Å². The fourth-order valence-corrected chi connectivity index (χ4v) is 2.12. The van der Waals surface area contributed by atoms with Gasteiger partial charge in [0, 0.05) is 17.1 Å². The third-order valence-electron chi connectivity index (χ3n) is 2.79. The Morgan fingerprint density at radius 3 is 2.71 bits per heavy atom. The van der Waals surface area contributed by atoms with E-state index in [0.29, 0.717) is 22.7 Å². The smallest absolute Gasteiger partial charge is 0.286 e. The molecule has 17 heavy (non-hydrogen) atoms. The molecule has 86 valence electrons. The van der Waals surface area contributed by atoms with Crippen molar-refractivity contribution in [1.82, 2.24) is 10.2 Å². The van der Waals surface area contributed by atoms with Gasteiger partial charge in [0.15, 0.2) is 0 Å². The molecule has 1 aromatic heterocycles. The van der Waals surface area contributed by atoms with Crippen LogP contribution in [0.5, 0.6) is 0 Å². The fourth-order valence-electron chi connectivity index (χ4n) is 1.95. The lowest BCUT2D eigenvalue weighted by molar-refractivity contribution is 0.914. The summed E-state index contributed by atoms with van der Waals surface area (Å²) >= 11 is 5.88. The summed E-state index contributed by atoms with van der Waals surface area (Å²) in [5.74, 6) is 0. The van der Waals surface area contributed by atoms with Gasteiger partial charge in [0.05, 0.1) is 5.56 Å². The van der Waals surface area contributed by atoms with Crippen LogP contribution in [0.2, 0.25) is 5.02 Å². The molecule has 2 aromatic rings. The van der Waals surface area contributed by atoms with Crippen molar-refractivity contribution in [1.29, 1.82) is 0 Å². The molecule has 1 aromatic carbocycles. The summed E-state index contributed by atoms with van der Waals surface area (Å²) in [7, 11) is 0. The molecule has 0 bridgehead atoms. The van der Waals surface area contributed by atoms with Crippen molar-refractivity contribution >= 4 is 23.0 Å². The van der Waals surface area contributed by atoms with E-state index in [2.05, 4.69) is 15.5 Å². The Kier molecular flexibility index (Phi) is 2.09. The van der Waals surface area contributed by atoms with Gasteiger partial charge < -0.3 is 5.32 Å². The first-order valence-corrected chi connectivity index (χ1v) is 5.42. The van der Waals surface area contributed by atoms with E-state index in [0.717, 1.165) is 11.3 Å². The summed E-state index contributed by atoms with van der Waals surface area (Å²) in [6.07, 6.45) is 0.425. The molecule has 0 amide bonds. The van der Waals surface area contributed by atoms with E-state index in [1.165, 1.54) is 0 Å². The van der Waals surface area contributed by atoms with Crippen LogP contribution >= 0.6 is 11.6 Å². The molecule has 0 spiro atoms. The van der Waals surface area contributed by atoms with Crippen molar-refractivity contribution in [3.8, 4) is 0 Å². The zero-order valence-electron chi connectivity index (χ0n) is 8.63. The van der Waals surface area contributed by atoms with Crippen LogP contribution in [0.4, 0.5) is 11.4 Å². The molecule has 0 aliphatic carbocycles.